The quantitative estimate of drug-likeness (QED) is 0.485. The summed E-state index contributed by atoms with van der Waals surface area (Å²) in [6.07, 6.45) is 10.9. The summed E-state index contributed by atoms with van der Waals surface area (Å²) in [7, 11) is 0. The van der Waals surface area contributed by atoms with Crippen molar-refractivity contribution in [3.63, 3.8) is 0 Å². The van der Waals surface area contributed by atoms with Gasteiger partial charge in [0, 0.05) is 5.92 Å². The van der Waals surface area contributed by atoms with Crippen LogP contribution in [-0.4, -0.2) is 4.98 Å². The lowest BCUT2D eigenvalue weighted by Gasteiger charge is -2.19. The Morgan fingerprint density at radius 1 is 1.31 bits per heavy atom. The Balaban J connectivity index is 2.18. The number of hydrogen-bond acceptors (Lipinski definition) is 2. The van der Waals surface area contributed by atoms with E-state index >= 15 is 0 Å². The first-order valence-corrected chi connectivity index (χ1v) is 4.91. The fraction of sp³-hybridized carbons (Fsp3) is 0.600. The second kappa shape index (κ2) is 3.73. The molecule has 0 N–H and O–H groups in total. The molecule has 1 saturated carbocycles. The summed E-state index contributed by atoms with van der Waals surface area (Å²) >= 11 is 0. The van der Waals surface area contributed by atoms with Crippen molar-refractivity contribution in [1.29, 1.82) is 0 Å². The Kier molecular flexibility index (Phi) is 2.43. The van der Waals surface area contributed by atoms with Gasteiger partial charge in [0.15, 0.2) is 6.20 Å². The first-order chi connectivity index (χ1) is 6.38. The molecule has 3 nitrogen and oxygen atoms in total. The lowest BCUT2D eigenvalue weighted by molar-refractivity contribution is -0.616. The van der Waals surface area contributed by atoms with E-state index in [1.807, 2.05) is 0 Å². The van der Waals surface area contributed by atoms with Gasteiger partial charge in [0.25, 0.3) is 0 Å². The third-order valence-electron chi connectivity index (χ3n) is 2.77. The van der Waals surface area contributed by atoms with Gasteiger partial charge in [0.1, 0.15) is 0 Å². The summed E-state index contributed by atoms with van der Waals surface area (Å²) in [4.78, 5) is 4.00. The highest BCUT2D eigenvalue weighted by Gasteiger charge is 2.21. The largest absolute Gasteiger partial charge is 0.618 e. The number of nitrogens with zero attached hydrogens (tertiary/aromatic N) is 2. The maximum atomic E-state index is 11.4. The van der Waals surface area contributed by atoms with Crippen LogP contribution in [0.25, 0.3) is 0 Å². The first-order valence-electron chi connectivity index (χ1n) is 4.91. The van der Waals surface area contributed by atoms with Gasteiger partial charge in [-0.25, -0.2) is 0 Å². The Hall–Kier alpha value is -1.12. The number of hydrogen-bond donors (Lipinski definition) is 0. The molecule has 1 aromatic rings. The zero-order chi connectivity index (χ0) is 9.10. The topological polar surface area (TPSA) is 39.8 Å². The Bertz CT molecular complexity index is 282. The van der Waals surface area contributed by atoms with E-state index in [9.17, 15) is 5.21 Å². The van der Waals surface area contributed by atoms with Gasteiger partial charge in [-0.15, -0.1) is 0 Å². The smallest absolute Gasteiger partial charge is 0.214 e. The fourth-order valence-electron chi connectivity index (χ4n) is 2.05. The third kappa shape index (κ3) is 1.79. The van der Waals surface area contributed by atoms with Gasteiger partial charge >= 0.3 is 0 Å². The molecule has 0 atom stereocenters. The van der Waals surface area contributed by atoms with E-state index in [-0.39, 0.29) is 0 Å². The second-order valence-electron chi connectivity index (χ2n) is 3.66. The molecular weight excluding hydrogens is 164 g/mol. The van der Waals surface area contributed by atoms with Gasteiger partial charge in [0.2, 0.25) is 5.69 Å². The van der Waals surface area contributed by atoms with Crippen LogP contribution >= 0.6 is 0 Å². The molecule has 1 aromatic heterocycles. The molecule has 70 valence electrons. The molecule has 2 rings (SSSR count). The van der Waals surface area contributed by atoms with Crippen LogP contribution in [0.15, 0.2) is 18.6 Å². The predicted octanol–water partition coefficient (Wildman–Crippen LogP) is 1.76. The van der Waals surface area contributed by atoms with Gasteiger partial charge in [-0.3, -0.25) is 4.98 Å². The van der Waals surface area contributed by atoms with Crippen molar-refractivity contribution in [3.05, 3.63) is 29.5 Å². The second-order valence-corrected chi connectivity index (χ2v) is 3.66. The molecule has 13 heavy (non-hydrogen) atoms. The van der Waals surface area contributed by atoms with Crippen LogP contribution in [0.1, 0.15) is 43.7 Å². The molecule has 3 heteroatoms. The molecule has 0 bridgehead atoms. The van der Waals surface area contributed by atoms with Crippen molar-refractivity contribution < 1.29 is 4.73 Å². The molecule has 0 amide bonds. The van der Waals surface area contributed by atoms with E-state index in [4.69, 9.17) is 0 Å². The van der Waals surface area contributed by atoms with Crippen LogP contribution in [-0.2, 0) is 0 Å². The summed E-state index contributed by atoms with van der Waals surface area (Å²) in [6.45, 7) is 0. The maximum absolute atomic E-state index is 11.4. The van der Waals surface area contributed by atoms with Crippen molar-refractivity contribution in [2.75, 3.05) is 0 Å². The summed E-state index contributed by atoms with van der Waals surface area (Å²) in [5.74, 6) is 0.444. The molecule has 0 aliphatic heterocycles. The summed E-state index contributed by atoms with van der Waals surface area (Å²) < 4.78 is 0.961. The normalized spacial score (nSPS) is 18.8. The number of aromatic nitrogens is 2. The molecule has 0 radical (unpaired) electrons. The minimum absolute atomic E-state index is 0.444. The molecule has 0 saturated heterocycles. The standard InChI is InChI=1S/C10H14N2O/c13-12-7-6-11-8-10(12)9-4-2-1-3-5-9/h6-9H,1-5H2. The molecule has 0 unspecified atom stereocenters. The SMILES string of the molecule is [O-][n+]1ccncc1C1CCCCC1. The van der Waals surface area contributed by atoms with E-state index in [0.29, 0.717) is 5.92 Å². The number of rotatable bonds is 1. The lowest BCUT2D eigenvalue weighted by atomic mass is 9.87. The summed E-state index contributed by atoms with van der Waals surface area (Å²) in [5.41, 5.74) is 0.849. The molecule has 1 aliphatic rings. The van der Waals surface area contributed by atoms with Gasteiger partial charge in [0.05, 0.1) is 12.4 Å². The minimum atomic E-state index is 0.444. The Morgan fingerprint density at radius 2 is 2.08 bits per heavy atom. The molecule has 0 spiro atoms. The van der Waals surface area contributed by atoms with E-state index in [1.165, 1.54) is 25.5 Å². The fourth-order valence-corrected chi connectivity index (χ4v) is 2.05. The zero-order valence-electron chi connectivity index (χ0n) is 7.65. The molecule has 1 heterocycles. The van der Waals surface area contributed by atoms with Crippen LogP contribution in [0.5, 0.6) is 0 Å². The third-order valence-corrected chi connectivity index (χ3v) is 2.77. The van der Waals surface area contributed by atoms with Crippen LogP contribution in [0, 0.1) is 5.21 Å². The lowest BCUT2D eigenvalue weighted by Crippen LogP contribution is -2.33. The molecule has 0 aromatic carbocycles. The Morgan fingerprint density at radius 3 is 2.77 bits per heavy atom. The van der Waals surface area contributed by atoms with Crippen LogP contribution in [0.2, 0.25) is 0 Å². The monoisotopic (exact) mass is 178 g/mol. The van der Waals surface area contributed by atoms with Crippen LogP contribution in [0.4, 0.5) is 0 Å². The van der Waals surface area contributed by atoms with Gasteiger partial charge in [-0.2, -0.15) is 4.73 Å². The molecular formula is C10H14N2O. The molecule has 1 fully saturated rings. The Labute approximate surface area is 78.0 Å². The van der Waals surface area contributed by atoms with E-state index in [2.05, 4.69) is 4.98 Å². The van der Waals surface area contributed by atoms with Crippen LogP contribution < -0.4 is 4.73 Å². The minimum Gasteiger partial charge on any atom is -0.618 e. The van der Waals surface area contributed by atoms with Crippen molar-refractivity contribution in [2.24, 2.45) is 0 Å². The summed E-state index contributed by atoms with van der Waals surface area (Å²) in [6, 6.07) is 0. The maximum Gasteiger partial charge on any atom is 0.214 e. The predicted molar refractivity (Wildman–Crippen MR) is 49.0 cm³/mol. The highest BCUT2D eigenvalue weighted by molar-refractivity contribution is 4.98. The first kappa shape index (κ1) is 8.48. The van der Waals surface area contributed by atoms with E-state index < -0.39 is 0 Å². The van der Waals surface area contributed by atoms with E-state index in [1.54, 1.807) is 12.4 Å². The average molecular weight is 178 g/mol. The average Bonchev–Trinajstić information content (AvgIpc) is 2.20. The van der Waals surface area contributed by atoms with Crippen LogP contribution in [0.3, 0.4) is 0 Å². The van der Waals surface area contributed by atoms with E-state index in [0.717, 1.165) is 23.3 Å². The van der Waals surface area contributed by atoms with Gasteiger partial charge in [-0.1, -0.05) is 19.3 Å². The highest BCUT2D eigenvalue weighted by Crippen LogP contribution is 2.30. The van der Waals surface area contributed by atoms with Crippen molar-refractivity contribution >= 4 is 0 Å². The van der Waals surface area contributed by atoms with Gasteiger partial charge < -0.3 is 5.21 Å². The van der Waals surface area contributed by atoms with Crippen molar-refractivity contribution in [2.45, 2.75) is 38.0 Å². The zero-order valence-corrected chi connectivity index (χ0v) is 7.65. The summed E-state index contributed by atoms with van der Waals surface area (Å²) in [5, 5.41) is 11.4. The van der Waals surface area contributed by atoms with Crippen molar-refractivity contribution in [1.82, 2.24) is 4.98 Å². The molecule has 1 aliphatic carbocycles. The van der Waals surface area contributed by atoms with Crippen molar-refractivity contribution in [3.8, 4) is 0 Å². The highest BCUT2D eigenvalue weighted by atomic mass is 16.5. The van der Waals surface area contributed by atoms with Gasteiger partial charge in [-0.05, 0) is 12.8 Å².